The first kappa shape index (κ1) is 19.7. The summed E-state index contributed by atoms with van der Waals surface area (Å²) in [5, 5.41) is 0. The van der Waals surface area contributed by atoms with Gasteiger partial charge in [0, 0.05) is 0 Å². The van der Waals surface area contributed by atoms with E-state index in [4.69, 9.17) is 9.47 Å². The van der Waals surface area contributed by atoms with Crippen LogP contribution in [0.5, 0.6) is 11.5 Å². The number of ketones is 1. The van der Waals surface area contributed by atoms with Crippen LogP contribution in [0.15, 0.2) is 18.2 Å². The van der Waals surface area contributed by atoms with Crippen LogP contribution in [-0.4, -0.2) is 45.7 Å². The molecule has 0 amide bonds. The summed E-state index contributed by atoms with van der Waals surface area (Å²) in [4.78, 5) is 16.8. The fourth-order valence-electron chi connectivity index (χ4n) is 6.72. The van der Waals surface area contributed by atoms with Crippen LogP contribution in [0, 0.1) is 10.8 Å². The molecule has 1 aromatic carbocycles. The van der Waals surface area contributed by atoms with Crippen LogP contribution < -0.4 is 19.3 Å². The lowest BCUT2D eigenvalue weighted by Crippen LogP contribution is -3.41. The second-order valence-electron chi connectivity index (χ2n) is 9.19. The first-order valence-electron chi connectivity index (χ1n) is 11.1. The van der Waals surface area contributed by atoms with E-state index in [-0.39, 0.29) is 10.8 Å². The Kier molecular flexibility index (Phi) is 5.17. The minimum atomic E-state index is -0.100. The summed E-state index contributed by atoms with van der Waals surface area (Å²) in [6, 6.07) is 6.43. The monoisotopic (exact) mass is 388 g/mol. The Hall–Kier alpha value is -1.59. The number of quaternary nitrogens is 2. The van der Waals surface area contributed by atoms with Crippen molar-refractivity contribution in [3.63, 3.8) is 0 Å². The van der Waals surface area contributed by atoms with E-state index in [0.29, 0.717) is 18.6 Å². The summed E-state index contributed by atoms with van der Waals surface area (Å²) in [5.74, 6) is 2.23. The Morgan fingerprint density at radius 2 is 1.54 bits per heavy atom. The largest absolute Gasteiger partial charge is 0.493 e. The van der Waals surface area contributed by atoms with Gasteiger partial charge < -0.3 is 9.47 Å². The van der Waals surface area contributed by atoms with Crippen LogP contribution >= 0.6 is 0 Å². The summed E-state index contributed by atoms with van der Waals surface area (Å²) in [6.07, 6.45) is 4.67. The van der Waals surface area contributed by atoms with Gasteiger partial charge in [-0.05, 0) is 38.0 Å². The van der Waals surface area contributed by atoms with Gasteiger partial charge >= 0.3 is 0 Å². The normalized spacial score (nSPS) is 36.0. The average Bonchev–Trinajstić information content (AvgIpc) is 2.67. The smallest absolute Gasteiger partial charge is 0.240 e. The molecular weight excluding hydrogens is 352 g/mol. The Morgan fingerprint density at radius 1 is 0.964 bits per heavy atom. The van der Waals surface area contributed by atoms with E-state index in [0.717, 1.165) is 63.4 Å². The summed E-state index contributed by atoms with van der Waals surface area (Å²) >= 11 is 0. The van der Waals surface area contributed by atoms with Crippen molar-refractivity contribution in [3.8, 4) is 11.5 Å². The standard InChI is InChI=1S/C23H34N2O3/c1-5-10-22-13-24-15-23(11-6-2,21(22)26)16-25(14-22)20(24)17-8-9-18(28-7-3)19(12-17)27-4/h8-9,12,20H,5-7,10-11,13-16H2,1-4H3/p+2. The zero-order chi connectivity index (χ0) is 19.9. The number of nitrogens with one attached hydrogen (secondary N) is 2. The molecule has 4 saturated heterocycles. The maximum atomic E-state index is 13.6. The van der Waals surface area contributed by atoms with Crippen LogP contribution in [0.1, 0.15) is 58.2 Å². The number of rotatable bonds is 8. The molecule has 0 saturated carbocycles. The molecule has 5 nitrogen and oxygen atoms in total. The number of carbonyl (C=O) groups excluding carboxylic acids is 1. The third-order valence-corrected chi connectivity index (χ3v) is 7.32. The maximum Gasteiger partial charge on any atom is 0.240 e. The Labute approximate surface area is 169 Å². The molecule has 0 atom stereocenters. The Balaban J connectivity index is 1.69. The summed E-state index contributed by atoms with van der Waals surface area (Å²) in [7, 11) is 1.71. The van der Waals surface area contributed by atoms with Crippen LogP contribution in [0.4, 0.5) is 0 Å². The van der Waals surface area contributed by atoms with E-state index in [9.17, 15) is 4.79 Å². The molecule has 5 heteroatoms. The van der Waals surface area contributed by atoms with Crippen LogP contribution in [0.25, 0.3) is 0 Å². The van der Waals surface area contributed by atoms with E-state index in [2.05, 4.69) is 32.0 Å². The lowest BCUT2D eigenvalue weighted by atomic mass is 9.57. The van der Waals surface area contributed by atoms with E-state index < -0.39 is 0 Å². The fraction of sp³-hybridized carbons (Fsp3) is 0.696. The third-order valence-electron chi connectivity index (χ3n) is 7.32. The topological polar surface area (TPSA) is 44.4 Å². The molecule has 2 N–H and O–H groups in total. The molecule has 0 spiro atoms. The van der Waals surface area contributed by atoms with Gasteiger partial charge in [0.2, 0.25) is 6.17 Å². The van der Waals surface area contributed by atoms with Gasteiger partial charge in [-0.25, -0.2) is 0 Å². The second kappa shape index (κ2) is 7.34. The van der Waals surface area contributed by atoms with Crippen molar-refractivity contribution >= 4 is 5.78 Å². The van der Waals surface area contributed by atoms with Crippen LogP contribution in [-0.2, 0) is 4.79 Å². The number of ether oxygens (including phenoxy) is 2. The molecule has 4 fully saturated rings. The molecule has 0 aliphatic carbocycles. The highest BCUT2D eigenvalue weighted by Gasteiger charge is 2.70. The summed E-state index contributed by atoms with van der Waals surface area (Å²) in [5.41, 5.74) is 1.11. The van der Waals surface area contributed by atoms with Crippen molar-refractivity contribution in [2.75, 3.05) is 39.9 Å². The van der Waals surface area contributed by atoms with Crippen molar-refractivity contribution in [1.82, 2.24) is 0 Å². The van der Waals surface area contributed by atoms with E-state index in [1.165, 1.54) is 5.56 Å². The van der Waals surface area contributed by atoms with Gasteiger partial charge in [0.15, 0.2) is 17.3 Å². The van der Waals surface area contributed by atoms with Crippen LogP contribution in [0.2, 0.25) is 0 Å². The molecule has 0 radical (unpaired) electrons. The third kappa shape index (κ3) is 2.86. The highest BCUT2D eigenvalue weighted by atomic mass is 16.5. The maximum absolute atomic E-state index is 13.6. The van der Waals surface area contributed by atoms with Gasteiger partial charge in [-0.15, -0.1) is 0 Å². The number of Topliss-reactive ketones (excluding diaryl/α,β-unsaturated/α-hetero) is 1. The molecule has 28 heavy (non-hydrogen) atoms. The van der Waals surface area contributed by atoms with Crippen molar-refractivity contribution in [3.05, 3.63) is 23.8 Å². The molecule has 0 unspecified atom stereocenters. The lowest BCUT2D eigenvalue weighted by Gasteiger charge is -2.60. The highest BCUT2D eigenvalue weighted by Crippen LogP contribution is 2.42. The van der Waals surface area contributed by atoms with E-state index in [1.807, 2.05) is 6.92 Å². The van der Waals surface area contributed by atoms with Crippen molar-refractivity contribution in [2.24, 2.45) is 10.8 Å². The first-order valence-corrected chi connectivity index (χ1v) is 11.1. The second-order valence-corrected chi connectivity index (χ2v) is 9.19. The molecule has 0 aromatic heterocycles. The minimum absolute atomic E-state index is 0.100. The van der Waals surface area contributed by atoms with Gasteiger partial charge in [-0.1, -0.05) is 26.7 Å². The Morgan fingerprint density at radius 3 is 2.00 bits per heavy atom. The fourth-order valence-corrected chi connectivity index (χ4v) is 6.72. The summed E-state index contributed by atoms with van der Waals surface area (Å²) < 4.78 is 11.3. The van der Waals surface area contributed by atoms with E-state index >= 15 is 0 Å². The van der Waals surface area contributed by atoms with Crippen LogP contribution in [0.3, 0.4) is 0 Å². The van der Waals surface area contributed by atoms with Crippen molar-refractivity contribution in [1.29, 1.82) is 0 Å². The van der Waals surface area contributed by atoms with Gasteiger partial charge in [-0.2, -0.15) is 0 Å². The van der Waals surface area contributed by atoms with Gasteiger partial charge in [0.1, 0.15) is 37.0 Å². The highest BCUT2D eigenvalue weighted by molar-refractivity contribution is 5.92. The molecule has 1 aromatic rings. The van der Waals surface area contributed by atoms with Crippen molar-refractivity contribution < 1.29 is 24.1 Å². The van der Waals surface area contributed by atoms with Crippen molar-refractivity contribution in [2.45, 2.75) is 52.6 Å². The zero-order valence-electron chi connectivity index (χ0n) is 17.9. The molecule has 5 rings (SSSR count). The Bertz CT molecular complexity index is 703. The number of hydrogen-bond donors (Lipinski definition) is 2. The molecular formula is C23H36N2O3+2. The van der Waals surface area contributed by atoms with Gasteiger partial charge in [0.05, 0.1) is 19.3 Å². The average molecular weight is 389 g/mol. The first-order chi connectivity index (χ1) is 13.5. The number of carbonyl (C=O) groups is 1. The summed E-state index contributed by atoms with van der Waals surface area (Å²) in [6.45, 7) is 11.1. The molecule has 154 valence electrons. The number of piperidine rings is 2. The SMILES string of the molecule is CCCC12C[NH+]3CC(CCC)(C[NH+](C1)C3c1ccc(OCC)c(OC)c1)C2=O. The minimum Gasteiger partial charge on any atom is -0.493 e. The molecule has 4 aliphatic rings. The lowest BCUT2D eigenvalue weighted by molar-refractivity contribution is -1.18. The number of hydrogen-bond acceptors (Lipinski definition) is 3. The van der Waals surface area contributed by atoms with Gasteiger partial charge in [-0.3, -0.25) is 14.6 Å². The molecule has 4 bridgehead atoms. The number of methoxy groups -OCH3 is 1. The van der Waals surface area contributed by atoms with Gasteiger partial charge in [0.25, 0.3) is 0 Å². The molecule has 4 heterocycles. The van der Waals surface area contributed by atoms with E-state index in [1.54, 1.807) is 16.9 Å². The number of benzene rings is 1. The molecule has 4 aliphatic heterocycles. The predicted molar refractivity (Wildman–Crippen MR) is 108 cm³/mol. The predicted octanol–water partition coefficient (Wildman–Crippen LogP) is 1.05. The zero-order valence-corrected chi connectivity index (χ0v) is 17.9. The quantitative estimate of drug-likeness (QED) is 0.700.